The molecule has 0 radical (unpaired) electrons. The molecule has 0 N–H and O–H groups in total. The topological polar surface area (TPSA) is 56.8 Å². The van der Waals surface area contributed by atoms with Gasteiger partial charge in [0.05, 0.1) is 16.5 Å². The van der Waals surface area contributed by atoms with Crippen LogP contribution in [0.15, 0.2) is 24.3 Å². The quantitative estimate of drug-likeness (QED) is 0.584. The fourth-order valence-electron chi connectivity index (χ4n) is 8.22. The van der Waals surface area contributed by atoms with Gasteiger partial charge in [-0.1, -0.05) is 25.0 Å². The van der Waals surface area contributed by atoms with Gasteiger partial charge in [0.15, 0.2) is 0 Å². The minimum atomic E-state index is 0.0261. The molecular formula is C28H36N4O2S. The normalized spacial score (nSPS) is 35.4. The Hall–Kier alpha value is -1.99. The van der Waals surface area contributed by atoms with Crippen molar-refractivity contribution < 1.29 is 9.59 Å². The number of carbonyl (C=O) groups is 2. The smallest absolute Gasteiger partial charge is 0.233 e. The van der Waals surface area contributed by atoms with E-state index in [1.807, 2.05) is 0 Å². The lowest BCUT2D eigenvalue weighted by Gasteiger charge is -2.40. The summed E-state index contributed by atoms with van der Waals surface area (Å²) < 4.78 is 6.02. The van der Waals surface area contributed by atoms with E-state index >= 15 is 0 Å². The summed E-state index contributed by atoms with van der Waals surface area (Å²) in [5.41, 5.74) is 0. The molecule has 5 fully saturated rings. The number of amides is 2. The number of fused-ring (bicyclic) bond motifs is 6. The Bertz CT molecular complexity index is 1100. The third-order valence-electron chi connectivity index (χ3n) is 10.0. The van der Waals surface area contributed by atoms with Crippen molar-refractivity contribution in [3.05, 3.63) is 24.3 Å². The predicted molar refractivity (Wildman–Crippen MR) is 138 cm³/mol. The van der Waals surface area contributed by atoms with Crippen LogP contribution in [0.5, 0.6) is 0 Å². The highest BCUT2D eigenvalue weighted by Gasteiger charge is 2.61. The molecule has 2 aromatic rings. The van der Waals surface area contributed by atoms with Crippen LogP contribution in [0.4, 0.5) is 5.82 Å². The number of piperazine rings is 1. The lowest BCUT2D eigenvalue weighted by atomic mass is 9.78. The highest BCUT2D eigenvalue weighted by atomic mass is 32.1. The minimum Gasteiger partial charge on any atom is -0.353 e. The molecule has 3 heterocycles. The summed E-state index contributed by atoms with van der Waals surface area (Å²) in [7, 11) is 0. The van der Waals surface area contributed by atoms with Crippen LogP contribution in [-0.4, -0.2) is 65.3 Å². The first kappa shape index (κ1) is 22.2. The summed E-state index contributed by atoms with van der Waals surface area (Å²) in [4.78, 5) is 33.4. The number of benzene rings is 1. The van der Waals surface area contributed by atoms with Crippen molar-refractivity contribution in [3.63, 3.8) is 0 Å². The molecule has 186 valence electrons. The van der Waals surface area contributed by atoms with Crippen molar-refractivity contribution in [1.82, 2.24) is 14.2 Å². The first-order chi connectivity index (χ1) is 17.2. The molecule has 2 amide bonds. The molecule has 5 aliphatic rings. The number of hydrogen-bond donors (Lipinski definition) is 0. The van der Waals surface area contributed by atoms with E-state index in [0.29, 0.717) is 30.2 Å². The molecule has 3 saturated carbocycles. The van der Waals surface area contributed by atoms with E-state index in [4.69, 9.17) is 4.37 Å². The number of likely N-dealkylation sites (tertiary alicyclic amines) is 1. The van der Waals surface area contributed by atoms with Gasteiger partial charge in [0, 0.05) is 44.7 Å². The zero-order valence-corrected chi connectivity index (χ0v) is 21.3. The zero-order valence-electron chi connectivity index (χ0n) is 20.5. The van der Waals surface area contributed by atoms with Crippen molar-refractivity contribution in [2.24, 2.45) is 35.5 Å². The first-order valence-electron chi connectivity index (χ1n) is 13.8. The number of aromatic nitrogens is 1. The molecule has 1 aromatic heterocycles. The fourth-order valence-corrected chi connectivity index (χ4v) is 9.02. The summed E-state index contributed by atoms with van der Waals surface area (Å²) in [6, 6.07) is 8.54. The lowest BCUT2D eigenvalue weighted by Crippen LogP contribution is -2.49. The van der Waals surface area contributed by atoms with Crippen molar-refractivity contribution in [2.45, 2.75) is 44.9 Å². The Kier molecular flexibility index (Phi) is 5.61. The van der Waals surface area contributed by atoms with E-state index in [0.717, 1.165) is 64.2 Å². The number of carbonyl (C=O) groups excluding carboxylic acids is 2. The van der Waals surface area contributed by atoms with E-state index in [-0.39, 0.29) is 23.7 Å². The van der Waals surface area contributed by atoms with Crippen molar-refractivity contribution in [2.75, 3.05) is 44.2 Å². The number of hydrogen-bond acceptors (Lipinski definition) is 6. The molecule has 2 bridgehead atoms. The highest BCUT2D eigenvalue weighted by Crippen LogP contribution is 2.56. The van der Waals surface area contributed by atoms with Crippen molar-refractivity contribution >= 4 is 39.3 Å². The molecule has 6 nitrogen and oxygen atoms in total. The second kappa shape index (κ2) is 8.84. The lowest BCUT2D eigenvalue weighted by molar-refractivity contribution is -0.142. The average Bonchev–Trinajstić information content (AvgIpc) is 3.66. The van der Waals surface area contributed by atoms with Gasteiger partial charge in [-0.3, -0.25) is 19.4 Å². The number of anilines is 1. The van der Waals surface area contributed by atoms with Gasteiger partial charge in [-0.25, -0.2) is 0 Å². The van der Waals surface area contributed by atoms with Gasteiger partial charge in [0.25, 0.3) is 0 Å². The van der Waals surface area contributed by atoms with E-state index in [2.05, 4.69) is 34.1 Å². The van der Waals surface area contributed by atoms with Crippen molar-refractivity contribution in [3.8, 4) is 0 Å². The molecule has 6 atom stereocenters. The average molecular weight is 493 g/mol. The summed E-state index contributed by atoms with van der Waals surface area (Å²) in [5.74, 6) is 3.59. The highest BCUT2D eigenvalue weighted by molar-refractivity contribution is 7.13. The van der Waals surface area contributed by atoms with Crippen LogP contribution in [-0.2, 0) is 9.59 Å². The maximum absolute atomic E-state index is 13.3. The molecule has 0 spiro atoms. The second-order valence-corrected chi connectivity index (χ2v) is 12.6. The van der Waals surface area contributed by atoms with Gasteiger partial charge in [0.2, 0.25) is 11.8 Å². The summed E-state index contributed by atoms with van der Waals surface area (Å²) >= 11 is 1.60. The second-order valence-electron chi connectivity index (χ2n) is 11.8. The maximum Gasteiger partial charge on any atom is 0.233 e. The minimum absolute atomic E-state index is 0.0261. The van der Waals surface area contributed by atoms with E-state index in [1.165, 1.54) is 29.3 Å². The Balaban J connectivity index is 0.986. The first-order valence-corrected chi connectivity index (χ1v) is 14.6. The van der Waals surface area contributed by atoms with Crippen LogP contribution in [0.1, 0.15) is 44.9 Å². The third-order valence-corrected chi connectivity index (χ3v) is 10.8. The van der Waals surface area contributed by atoms with Gasteiger partial charge < -0.3 is 4.90 Å². The van der Waals surface area contributed by atoms with Crippen LogP contribution in [0.2, 0.25) is 0 Å². The predicted octanol–water partition coefficient (Wildman–Crippen LogP) is 4.26. The van der Waals surface area contributed by atoms with Gasteiger partial charge in [0.1, 0.15) is 5.82 Å². The standard InChI is InChI=1S/C28H36N4O2S/c33-27-24-18-9-10-19(15-18)25(24)28(34)32(27)17-21-6-2-1-5-20(21)16-30-11-13-31(14-12-30)26-22-7-3-4-8-23(22)35-29-26/h3-4,7-8,18-21,24-25H,1-2,5-6,9-17H2/t18-,19+,20-,21-,24+,25-/m1/s1. The van der Waals surface area contributed by atoms with E-state index in [1.54, 1.807) is 16.4 Å². The SMILES string of the molecule is O=C1[C@@H]2[C@H]3CC[C@H](C3)[C@@H]2C(=O)N1C[C@H]1CCCC[C@@H]1CN1CCN(c2nsc3ccccc23)CC1. The molecular weight excluding hydrogens is 456 g/mol. The van der Waals surface area contributed by atoms with Crippen molar-refractivity contribution in [1.29, 1.82) is 0 Å². The Morgan fingerprint density at radius 2 is 1.49 bits per heavy atom. The van der Waals surface area contributed by atoms with Crippen LogP contribution in [0, 0.1) is 35.5 Å². The summed E-state index contributed by atoms with van der Waals surface area (Å²) in [5, 5.41) is 1.27. The number of imide groups is 1. The Morgan fingerprint density at radius 3 is 2.20 bits per heavy atom. The molecule has 7 rings (SSSR count). The van der Waals surface area contributed by atoms with E-state index in [9.17, 15) is 9.59 Å². The Morgan fingerprint density at radius 1 is 0.829 bits per heavy atom. The van der Waals surface area contributed by atoms with E-state index < -0.39 is 0 Å². The molecule has 1 aromatic carbocycles. The molecule has 0 unspecified atom stereocenters. The van der Waals surface area contributed by atoms with Gasteiger partial charge in [-0.2, -0.15) is 4.37 Å². The maximum atomic E-state index is 13.3. The zero-order chi connectivity index (χ0) is 23.5. The third kappa shape index (κ3) is 3.72. The largest absolute Gasteiger partial charge is 0.353 e. The Labute approximate surface area is 211 Å². The van der Waals surface area contributed by atoms with Gasteiger partial charge >= 0.3 is 0 Å². The molecule has 35 heavy (non-hydrogen) atoms. The summed E-state index contributed by atoms with van der Waals surface area (Å²) in [6.45, 7) is 5.93. The van der Waals surface area contributed by atoms with Gasteiger partial charge in [-0.05, 0) is 79.4 Å². The molecule has 2 saturated heterocycles. The monoisotopic (exact) mass is 492 g/mol. The van der Waals surface area contributed by atoms with Crippen LogP contribution >= 0.6 is 11.5 Å². The molecule has 7 heteroatoms. The molecule has 3 aliphatic carbocycles. The van der Waals surface area contributed by atoms with Crippen LogP contribution in [0.25, 0.3) is 10.1 Å². The number of rotatable bonds is 5. The van der Waals surface area contributed by atoms with Crippen LogP contribution < -0.4 is 4.90 Å². The molecule has 2 aliphatic heterocycles. The fraction of sp³-hybridized carbons (Fsp3) is 0.679. The van der Waals surface area contributed by atoms with Gasteiger partial charge in [-0.15, -0.1) is 0 Å². The number of nitrogens with zero attached hydrogens (tertiary/aromatic N) is 4. The summed E-state index contributed by atoms with van der Waals surface area (Å²) in [6.07, 6.45) is 8.35. The van der Waals surface area contributed by atoms with Crippen LogP contribution in [0.3, 0.4) is 0 Å².